The summed E-state index contributed by atoms with van der Waals surface area (Å²) in [5, 5.41) is 0.874. The monoisotopic (exact) mass is 510 g/mol. The molecular formula is C31H30N2O3S. The summed E-state index contributed by atoms with van der Waals surface area (Å²) in [4.78, 5) is 27.5. The molecular weight excluding hydrogens is 480 g/mol. The van der Waals surface area contributed by atoms with Crippen LogP contribution in [-0.4, -0.2) is 33.8 Å². The van der Waals surface area contributed by atoms with E-state index in [0.29, 0.717) is 18.1 Å². The van der Waals surface area contributed by atoms with E-state index in [2.05, 4.69) is 42.0 Å². The number of para-hydroxylation sites is 1. The number of imide groups is 1. The summed E-state index contributed by atoms with van der Waals surface area (Å²) in [7, 11) is 0. The lowest BCUT2D eigenvalue weighted by Crippen LogP contribution is -2.29. The van der Waals surface area contributed by atoms with Crippen LogP contribution in [0.15, 0.2) is 90.0 Å². The Morgan fingerprint density at radius 1 is 0.865 bits per heavy atom. The van der Waals surface area contributed by atoms with Crippen LogP contribution >= 0.6 is 11.8 Å². The van der Waals surface area contributed by atoms with Gasteiger partial charge in [0.25, 0.3) is 11.1 Å². The van der Waals surface area contributed by atoms with E-state index in [-0.39, 0.29) is 11.1 Å². The molecule has 5 nitrogen and oxygen atoms in total. The number of amides is 2. The van der Waals surface area contributed by atoms with E-state index in [1.54, 1.807) is 0 Å². The maximum atomic E-state index is 13.1. The van der Waals surface area contributed by atoms with Crippen molar-refractivity contribution in [3.05, 3.63) is 107 Å². The van der Waals surface area contributed by atoms with Gasteiger partial charge in [0.15, 0.2) is 0 Å². The molecule has 37 heavy (non-hydrogen) atoms. The molecule has 0 bridgehead atoms. The van der Waals surface area contributed by atoms with Crippen LogP contribution in [0.25, 0.3) is 17.0 Å². The highest BCUT2D eigenvalue weighted by molar-refractivity contribution is 8.18. The molecule has 1 saturated heterocycles. The Kier molecular flexibility index (Phi) is 7.76. The molecule has 2 heterocycles. The van der Waals surface area contributed by atoms with E-state index in [0.717, 1.165) is 59.8 Å². The van der Waals surface area contributed by atoms with Gasteiger partial charge in [-0.2, -0.15) is 0 Å². The predicted octanol–water partition coefficient (Wildman–Crippen LogP) is 7.09. The number of carbonyl (C=O) groups is 2. The fourth-order valence-corrected chi connectivity index (χ4v) is 5.41. The van der Waals surface area contributed by atoms with Gasteiger partial charge in [0.05, 0.1) is 11.5 Å². The Morgan fingerprint density at radius 3 is 2.43 bits per heavy atom. The molecule has 1 aliphatic heterocycles. The summed E-state index contributed by atoms with van der Waals surface area (Å²) >= 11 is 1.03. The molecule has 0 N–H and O–H groups in total. The molecule has 0 unspecified atom stereocenters. The van der Waals surface area contributed by atoms with Gasteiger partial charge in [0.2, 0.25) is 0 Å². The summed E-state index contributed by atoms with van der Waals surface area (Å²) in [6, 6.07) is 26.4. The van der Waals surface area contributed by atoms with Gasteiger partial charge in [-0.3, -0.25) is 14.5 Å². The lowest BCUT2D eigenvalue weighted by Gasteiger charge is -2.12. The number of benzene rings is 3. The Hall–Kier alpha value is -3.77. The van der Waals surface area contributed by atoms with Crippen molar-refractivity contribution in [2.45, 2.75) is 32.7 Å². The normalized spacial score (nSPS) is 14.7. The van der Waals surface area contributed by atoms with E-state index in [1.807, 2.05) is 60.7 Å². The highest BCUT2D eigenvalue weighted by atomic mass is 32.2. The van der Waals surface area contributed by atoms with Crippen LogP contribution in [0.2, 0.25) is 0 Å². The molecule has 3 aromatic carbocycles. The summed E-state index contributed by atoms with van der Waals surface area (Å²) < 4.78 is 8.09. The van der Waals surface area contributed by atoms with E-state index >= 15 is 0 Å². The fraction of sp³-hybridized carbons (Fsp3) is 0.226. The number of thioether (sulfide) groups is 1. The molecule has 0 radical (unpaired) electrons. The molecule has 1 fully saturated rings. The van der Waals surface area contributed by atoms with E-state index in [1.165, 1.54) is 16.0 Å². The lowest BCUT2D eigenvalue weighted by atomic mass is 10.1. The molecule has 5 rings (SSSR count). The lowest BCUT2D eigenvalue weighted by molar-refractivity contribution is -0.122. The third kappa shape index (κ3) is 5.97. The maximum Gasteiger partial charge on any atom is 0.293 e. The summed E-state index contributed by atoms with van der Waals surface area (Å²) in [5.74, 6) is 0.675. The number of nitrogens with zero attached hydrogens (tertiary/aromatic N) is 2. The third-order valence-corrected chi connectivity index (χ3v) is 7.41. The smallest absolute Gasteiger partial charge is 0.293 e. The van der Waals surface area contributed by atoms with Crippen molar-refractivity contribution in [2.24, 2.45) is 0 Å². The molecule has 0 aliphatic carbocycles. The van der Waals surface area contributed by atoms with E-state index < -0.39 is 0 Å². The Bertz CT molecular complexity index is 1420. The van der Waals surface area contributed by atoms with E-state index in [9.17, 15) is 9.59 Å². The molecule has 4 aromatic rings. The molecule has 2 amide bonds. The second-order valence-corrected chi connectivity index (χ2v) is 10.2. The average Bonchev–Trinajstić information content (AvgIpc) is 3.40. The molecule has 0 saturated carbocycles. The van der Waals surface area contributed by atoms with Crippen molar-refractivity contribution in [3.63, 3.8) is 0 Å². The van der Waals surface area contributed by atoms with Crippen LogP contribution in [0, 0.1) is 6.92 Å². The number of ether oxygens (including phenoxy) is 1. The van der Waals surface area contributed by atoms with Gasteiger partial charge in [-0.1, -0.05) is 66.2 Å². The first-order valence-corrected chi connectivity index (χ1v) is 13.5. The van der Waals surface area contributed by atoms with Gasteiger partial charge in [-0.25, -0.2) is 0 Å². The van der Waals surface area contributed by atoms with E-state index in [4.69, 9.17) is 4.74 Å². The Morgan fingerprint density at radius 2 is 1.62 bits per heavy atom. The second kappa shape index (κ2) is 11.5. The van der Waals surface area contributed by atoms with Crippen molar-refractivity contribution in [3.8, 4) is 5.75 Å². The molecule has 6 heteroatoms. The first kappa shape index (κ1) is 24.9. The van der Waals surface area contributed by atoms with Gasteiger partial charge in [0, 0.05) is 35.8 Å². The van der Waals surface area contributed by atoms with Crippen LogP contribution in [-0.2, 0) is 17.8 Å². The maximum absolute atomic E-state index is 13.1. The van der Waals surface area contributed by atoms with Gasteiger partial charge in [-0.15, -0.1) is 0 Å². The summed E-state index contributed by atoms with van der Waals surface area (Å²) in [6.45, 7) is 3.90. The zero-order valence-electron chi connectivity index (χ0n) is 20.9. The Balaban J connectivity index is 1.24. The van der Waals surface area contributed by atoms with Crippen molar-refractivity contribution in [1.29, 1.82) is 0 Å². The number of hydrogen-bond acceptors (Lipinski definition) is 4. The van der Waals surface area contributed by atoms with Crippen LogP contribution in [0.3, 0.4) is 0 Å². The molecule has 1 aromatic heterocycles. The minimum atomic E-state index is -0.202. The summed E-state index contributed by atoms with van der Waals surface area (Å²) in [6.07, 6.45) is 6.37. The second-order valence-electron chi connectivity index (χ2n) is 9.23. The number of rotatable bonds is 10. The number of fused-ring (bicyclic) bond motifs is 1. The van der Waals surface area contributed by atoms with Gasteiger partial charge >= 0.3 is 0 Å². The minimum absolute atomic E-state index is 0.193. The zero-order valence-corrected chi connectivity index (χ0v) is 21.7. The molecule has 0 spiro atoms. The summed E-state index contributed by atoms with van der Waals surface area (Å²) in [5.41, 5.74) is 4.47. The van der Waals surface area contributed by atoms with Gasteiger partial charge in [0.1, 0.15) is 5.75 Å². The molecule has 1 aliphatic rings. The van der Waals surface area contributed by atoms with Crippen LogP contribution in [0.1, 0.15) is 29.5 Å². The molecule has 188 valence electrons. The van der Waals surface area contributed by atoms with Crippen molar-refractivity contribution >= 4 is 39.9 Å². The van der Waals surface area contributed by atoms with Gasteiger partial charge < -0.3 is 9.30 Å². The standard InChI is InChI=1S/C31H30N2O3S/c1-23-14-16-26(17-15-23)36-20-8-18-32-22-25(27-12-5-6-13-28(27)32)21-29-30(34)33(31(35)37-29)19-7-11-24-9-3-2-4-10-24/h2-6,9-10,12-17,21-22H,7-8,11,18-20H2,1H3/b29-21-. The van der Waals surface area contributed by atoms with Crippen LogP contribution < -0.4 is 4.74 Å². The SMILES string of the molecule is Cc1ccc(OCCCn2cc(/C=C3\SC(=O)N(CCCc4ccccc4)C3=O)c3ccccc32)cc1. The number of carbonyl (C=O) groups excluding carboxylic acids is 2. The highest BCUT2D eigenvalue weighted by Crippen LogP contribution is 2.34. The quantitative estimate of drug-likeness (QED) is 0.169. The van der Waals surface area contributed by atoms with Crippen molar-refractivity contribution in [1.82, 2.24) is 9.47 Å². The fourth-order valence-electron chi connectivity index (χ4n) is 4.55. The van der Waals surface area contributed by atoms with Crippen LogP contribution in [0.5, 0.6) is 5.75 Å². The number of aryl methyl sites for hydroxylation is 3. The third-order valence-electron chi connectivity index (χ3n) is 6.50. The minimum Gasteiger partial charge on any atom is -0.494 e. The number of hydrogen-bond donors (Lipinski definition) is 0. The average molecular weight is 511 g/mol. The highest BCUT2D eigenvalue weighted by Gasteiger charge is 2.34. The van der Waals surface area contributed by atoms with Crippen molar-refractivity contribution < 1.29 is 14.3 Å². The zero-order chi connectivity index (χ0) is 25.6. The first-order chi connectivity index (χ1) is 18.1. The largest absolute Gasteiger partial charge is 0.494 e. The van der Waals surface area contributed by atoms with Crippen molar-refractivity contribution in [2.75, 3.05) is 13.2 Å². The predicted molar refractivity (Wildman–Crippen MR) is 151 cm³/mol. The molecule has 0 atom stereocenters. The Labute approximate surface area is 221 Å². The number of aromatic nitrogens is 1. The van der Waals surface area contributed by atoms with Gasteiger partial charge in [-0.05, 0) is 67.8 Å². The van der Waals surface area contributed by atoms with Crippen LogP contribution in [0.4, 0.5) is 4.79 Å². The topological polar surface area (TPSA) is 51.5 Å². The first-order valence-electron chi connectivity index (χ1n) is 12.6.